The Kier molecular flexibility index (Phi) is 4.41. The van der Waals surface area contributed by atoms with Crippen molar-refractivity contribution < 1.29 is 14.7 Å². The first-order valence-corrected chi connectivity index (χ1v) is 7.04. The summed E-state index contributed by atoms with van der Waals surface area (Å²) in [4.78, 5) is 27.1. The van der Waals surface area contributed by atoms with E-state index in [2.05, 4.69) is 10.3 Å². The fourth-order valence-corrected chi connectivity index (χ4v) is 2.49. The maximum atomic E-state index is 11.6. The van der Waals surface area contributed by atoms with Gasteiger partial charge in [0.05, 0.1) is 11.6 Å². The summed E-state index contributed by atoms with van der Waals surface area (Å²) in [6.07, 6.45) is 4.67. The second-order valence-electron chi connectivity index (χ2n) is 4.16. The Morgan fingerprint density at radius 2 is 2.40 bits per heavy atom. The molecule has 2 aromatic rings. The van der Waals surface area contributed by atoms with Crippen molar-refractivity contribution in [3.63, 3.8) is 0 Å². The van der Waals surface area contributed by atoms with Crippen molar-refractivity contribution in [3.8, 4) is 0 Å². The Bertz CT molecular complexity index is 677. The van der Waals surface area contributed by atoms with Gasteiger partial charge in [0.1, 0.15) is 0 Å². The first-order valence-electron chi connectivity index (χ1n) is 5.79. The van der Waals surface area contributed by atoms with E-state index in [0.717, 1.165) is 4.96 Å². The summed E-state index contributed by atoms with van der Waals surface area (Å²) >= 11 is 7.42. The Hall–Kier alpha value is -1.86. The van der Waals surface area contributed by atoms with Crippen LogP contribution >= 0.6 is 22.9 Å². The highest BCUT2D eigenvalue weighted by molar-refractivity contribution is 7.15. The van der Waals surface area contributed by atoms with Crippen LogP contribution in [0.15, 0.2) is 17.7 Å². The number of carbonyl (C=O) groups is 2. The number of rotatable bonds is 5. The lowest BCUT2D eigenvalue weighted by Crippen LogP contribution is -2.30. The van der Waals surface area contributed by atoms with E-state index in [-0.39, 0.29) is 12.5 Å². The molecule has 8 heteroatoms. The van der Waals surface area contributed by atoms with E-state index in [1.54, 1.807) is 10.5 Å². The zero-order valence-electron chi connectivity index (χ0n) is 10.5. The molecule has 20 heavy (non-hydrogen) atoms. The van der Waals surface area contributed by atoms with Crippen molar-refractivity contribution in [3.05, 3.63) is 28.5 Å². The number of amides is 1. The molecule has 0 aliphatic rings. The number of hydrogen-bond donors (Lipinski definition) is 2. The van der Waals surface area contributed by atoms with Gasteiger partial charge in [-0.2, -0.15) is 0 Å². The molecule has 1 atom stereocenters. The highest BCUT2D eigenvalue weighted by Crippen LogP contribution is 2.22. The van der Waals surface area contributed by atoms with Gasteiger partial charge in [-0.05, 0) is 6.08 Å². The Balaban J connectivity index is 2.02. The number of aromatic nitrogens is 2. The minimum atomic E-state index is -0.951. The number of hydrogen-bond acceptors (Lipinski definition) is 4. The summed E-state index contributed by atoms with van der Waals surface area (Å²) in [6.45, 7) is 1.60. The third-order valence-corrected chi connectivity index (χ3v) is 3.69. The first kappa shape index (κ1) is 14.5. The van der Waals surface area contributed by atoms with Crippen molar-refractivity contribution in [1.82, 2.24) is 14.7 Å². The summed E-state index contributed by atoms with van der Waals surface area (Å²) in [5.74, 6) is -1.96. The molecule has 1 unspecified atom stereocenters. The number of aliphatic carboxylic acids is 1. The summed E-state index contributed by atoms with van der Waals surface area (Å²) in [6, 6.07) is 0. The van der Waals surface area contributed by atoms with Crippen molar-refractivity contribution in [2.24, 2.45) is 5.92 Å². The van der Waals surface area contributed by atoms with E-state index in [1.165, 1.54) is 24.3 Å². The molecule has 0 saturated carbocycles. The van der Waals surface area contributed by atoms with Gasteiger partial charge in [0.25, 0.3) is 0 Å². The average molecular weight is 314 g/mol. The Morgan fingerprint density at radius 3 is 3.10 bits per heavy atom. The van der Waals surface area contributed by atoms with E-state index in [9.17, 15) is 9.59 Å². The SMILES string of the molecule is CC(CNC(=O)C=Cc1c(Cl)nc2sccn12)C(=O)O. The monoisotopic (exact) mass is 313 g/mol. The standard InChI is InChI=1S/C12H12ClN3O3S/c1-7(11(18)19)6-14-9(17)3-2-8-10(13)15-12-16(8)4-5-20-12/h2-5,7H,6H2,1H3,(H,14,17)(H,18,19). The van der Waals surface area contributed by atoms with Gasteiger partial charge in [-0.25, -0.2) is 4.98 Å². The van der Waals surface area contributed by atoms with Crippen LogP contribution in [0.25, 0.3) is 11.0 Å². The van der Waals surface area contributed by atoms with E-state index in [1.807, 2.05) is 11.6 Å². The van der Waals surface area contributed by atoms with Crippen LogP contribution in [-0.2, 0) is 9.59 Å². The predicted molar refractivity (Wildman–Crippen MR) is 76.9 cm³/mol. The fourth-order valence-electron chi connectivity index (χ4n) is 1.48. The number of carbonyl (C=O) groups excluding carboxylic acids is 1. The molecule has 0 aliphatic heterocycles. The highest BCUT2D eigenvalue weighted by Gasteiger charge is 2.12. The lowest BCUT2D eigenvalue weighted by molar-refractivity contribution is -0.141. The number of nitrogens with one attached hydrogen (secondary N) is 1. The van der Waals surface area contributed by atoms with Crippen LogP contribution in [0, 0.1) is 5.92 Å². The van der Waals surface area contributed by atoms with Crippen molar-refractivity contribution in [1.29, 1.82) is 0 Å². The van der Waals surface area contributed by atoms with Gasteiger partial charge in [-0.1, -0.05) is 18.5 Å². The molecule has 0 fully saturated rings. The van der Waals surface area contributed by atoms with Gasteiger partial charge in [0.15, 0.2) is 10.1 Å². The number of carboxylic acid groups (broad SMARTS) is 1. The number of nitrogens with zero attached hydrogens (tertiary/aromatic N) is 2. The third kappa shape index (κ3) is 3.17. The van der Waals surface area contributed by atoms with Gasteiger partial charge in [0.2, 0.25) is 5.91 Å². The summed E-state index contributed by atoms with van der Waals surface area (Å²) < 4.78 is 1.77. The van der Waals surface area contributed by atoms with Crippen LogP contribution in [0.2, 0.25) is 5.15 Å². The van der Waals surface area contributed by atoms with Crippen molar-refractivity contribution >= 4 is 45.9 Å². The minimum absolute atomic E-state index is 0.0759. The molecule has 2 N–H and O–H groups in total. The van der Waals surface area contributed by atoms with Gasteiger partial charge in [0, 0.05) is 24.2 Å². The molecule has 0 bridgehead atoms. The lowest BCUT2D eigenvalue weighted by Gasteiger charge is -2.05. The summed E-state index contributed by atoms with van der Waals surface area (Å²) in [5, 5.41) is 13.4. The van der Waals surface area contributed by atoms with Gasteiger partial charge < -0.3 is 10.4 Å². The molecule has 2 rings (SSSR count). The zero-order chi connectivity index (χ0) is 14.7. The molecule has 2 heterocycles. The Labute approximate surface area is 123 Å². The molecule has 106 valence electrons. The van der Waals surface area contributed by atoms with Crippen LogP contribution in [0.3, 0.4) is 0 Å². The molecule has 0 aromatic carbocycles. The molecule has 0 radical (unpaired) electrons. The number of thiazole rings is 1. The average Bonchev–Trinajstić information content (AvgIpc) is 2.94. The first-order chi connectivity index (χ1) is 9.49. The topological polar surface area (TPSA) is 83.7 Å². The summed E-state index contributed by atoms with van der Waals surface area (Å²) in [5.41, 5.74) is 0.615. The maximum absolute atomic E-state index is 11.6. The van der Waals surface area contributed by atoms with Crippen LogP contribution in [0.1, 0.15) is 12.6 Å². The third-order valence-electron chi connectivity index (χ3n) is 2.65. The van der Waals surface area contributed by atoms with E-state index in [4.69, 9.17) is 16.7 Å². The molecule has 1 amide bonds. The molecule has 2 aromatic heterocycles. The summed E-state index contributed by atoms with van der Waals surface area (Å²) in [7, 11) is 0. The number of carboxylic acids is 1. The van der Waals surface area contributed by atoms with Gasteiger partial charge in [-0.3, -0.25) is 14.0 Å². The number of imidazole rings is 1. The van der Waals surface area contributed by atoms with Crippen LogP contribution in [0.4, 0.5) is 0 Å². The fraction of sp³-hybridized carbons (Fsp3) is 0.250. The molecule has 0 saturated heterocycles. The van der Waals surface area contributed by atoms with Gasteiger partial charge in [-0.15, -0.1) is 11.3 Å². The molecular formula is C12H12ClN3O3S. The number of halogens is 1. The minimum Gasteiger partial charge on any atom is -0.481 e. The molecule has 6 nitrogen and oxygen atoms in total. The second kappa shape index (κ2) is 6.06. The van der Waals surface area contributed by atoms with Crippen molar-refractivity contribution in [2.75, 3.05) is 6.54 Å². The van der Waals surface area contributed by atoms with Gasteiger partial charge >= 0.3 is 5.97 Å². The lowest BCUT2D eigenvalue weighted by atomic mass is 10.2. The van der Waals surface area contributed by atoms with E-state index < -0.39 is 11.9 Å². The highest BCUT2D eigenvalue weighted by atomic mass is 35.5. The quantitative estimate of drug-likeness (QED) is 0.826. The largest absolute Gasteiger partial charge is 0.481 e. The molecule has 0 aliphatic carbocycles. The van der Waals surface area contributed by atoms with Crippen LogP contribution < -0.4 is 5.32 Å². The maximum Gasteiger partial charge on any atom is 0.308 e. The second-order valence-corrected chi connectivity index (χ2v) is 5.39. The molecular weight excluding hydrogens is 302 g/mol. The number of fused-ring (bicyclic) bond motifs is 1. The van der Waals surface area contributed by atoms with Crippen LogP contribution in [-0.4, -0.2) is 32.9 Å². The van der Waals surface area contributed by atoms with Crippen molar-refractivity contribution in [2.45, 2.75) is 6.92 Å². The molecule has 0 spiro atoms. The zero-order valence-corrected chi connectivity index (χ0v) is 12.1. The van der Waals surface area contributed by atoms with E-state index >= 15 is 0 Å². The predicted octanol–water partition coefficient (Wildman–Crippen LogP) is 1.90. The van der Waals surface area contributed by atoms with E-state index in [0.29, 0.717) is 10.8 Å². The van der Waals surface area contributed by atoms with Crippen LogP contribution in [0.5, 0.6) is 0 Å². The smallest absolute Gasteiger partial charge is 0.308 e. The normalized spacial score (nSPS) is 12.9. The Morgan fingerprint density at radius 1 is 1.65 bits per heavy atom.